The van der Waals surface area contributed by atoms with E-state index < -0.39 is 0 Å². The second kappa shape index (κ2) is 6.62. The van der Waals surface area contributed by atoms with E-state index >= 15 is 0 Å². The van der Waals surface area contributed by atoms with Crippen molar-refractivity contribution in [2.75, 3.05) is 11.4 Å². The Labute approximate surface area is 122 Å². The van der Waals surface area contributed by atoms with E-state index in [1.165, 1.54) is 30.5 Å². The minimum Gasteiger partial charge on any atom is -0.366 e. The van der Waals surface area contributed by atoms with E-state index in [0.717, 1.165) is 18.1 Å². The van der Waals surface area contributed by atoms with Gasteiger partial charge in [0.15, 0.2) is 0 Å². The molecule has 0 bridgehead atoms. The van der Waals surface area contributed by atoms with Crippen LogP contribution in [0.15, 0.2) is 18.2 Å². The third-order valence-electron chi connectivity index (χ3n) is 4.18. The highest BCUT2D eigenvalue weighted by atomic mass is 35.5. The molecule has 0 radical (unpaired) electrons. The van der Waals surface area contributed by atoms with Crippen LogP contribution in [0.25, 0.3) is 0 Å². The molecule has 1 saturated heterocycles. The van der Waals surface area contributed by atoms with Crippen LogP contribution in [0.3, 0.4) is 0 Å². The fourth-order valence-corrected chi connectivity index (χ4v) is 3.36. The van der Waals surface area contributed by atoms with Crippen molar-refractivity contribution in [1.82, 2.24) is 5.32 Å². The van der Waals surface area contributed by atoms with Gasteiger partial charge < -0.3 is 10.2 Å². The molecule has 1 heterocycles. The lowest BCUT2D eigenvalue weighted by atomic mass is 10.1. The Morgan fingerprint density at radius 3 is 2.79 bits per heavy atom. The third-order valence-corrected chi connectivity index (χ3v) is 4.54. The van der Waals surface area contributed by atoms with Crippen LogP contribution in [0.1, 0.15) is 45.6 Å². The van der Waals surface area contributed by atoms with Crippen molar-refractivity contribution in [1.29, 1.82) is 0 Å². The predicted octanol–water partition coefficient (Wildman–Crippen LogP) is 4.22. The van der Waals surface area contributed by atoms with Crippen molar-refractivity contribution in [3.8, 4) is 0 Å². The number of rotatable bonds is 5. The first-order valence-electron chi connectivity index (χ1n) is 7.45. The number of halogens is 1. The summed E-state index contributed by atoms with van der Waals surface area (Å²) >= 11 is 6.42. The Bertz CT molecular complexity index is 419. The highest BCUT2D eigenvalue weighted by molar-refractivity contribution is 6.31. The summed E-state index contributed by atoms with van der Waals surface area (Å²) in [6.45, 7) is 8.56. The van der Waals surface area contributed by atoms with Gasteiger partial charge in [-0.2, -0.15) is 0 Å². The first-order valence-corrected chi connectivity index (χ1v) is 7.83. The second-order valence-electron chi connectivity index (χ2n) is 5.41. The molecule has 1 aliphatic heterocycles. The van der Waals surface area contributed by atoms with Crippen molar-refractivity contribution in [3.63, 3.8) is 0 Å². The van der Waals surface area contributed by atoms with Gasteiger partial charge in [-0.15, -0.1) is 0 Å². The number of nitrogens with zero attached hydrogens (tertiary/aromatic N) is 1. The normalized spacial score (nSPS) is 23.1. The average Bonchev–Trinajstić information content (AvgIpc) is 2.78. The van der Waals surface area contributed by atoms with Gasteiger partial charge in [0.25, 0.3) is 0 Å². The van der Waals surface area contributed by atoms with Gasteiger partial charge >= 0.3 is 0 Å². The maximum absolute atomic E-state index is 6.42. The van der Waals surface area contributed by atoms with Crippen LogP contribution >= 0.6 is 11.6 Å². The van der Waals surface area contributed by atoms with Crippen molar-refractivity contribution in [3.05, 3.63) is 28.8 Å². The van der Waals surface area contributed by atoms with Crippen LogP contribution in [0.2, 0.25) is 5.02 Å². The van der Waals surface area contributed by atoms with Gasteiger partial charge in [-0.1, -0.05) is 31.5 Å². The second-order valence-corrected chi connectivity index (χ2v) is 5.82. The van der Waals surface area contributed by atoms with E-state index in [9.17, 15) is 0 Å². The van der Waals surface area contributed by atoms with E-state index in [0.29, 0.717) is 12.1 Å². The Hall–Kier alpha value is -0.730. The molecule has 2 rings (SSSR count). The lowest BCUT2D eigenvalue weighted by Crippen LogP contribution is -2.35. The zero-order valence-corrected chi connectivity index (χ0v) is 13.0. The molecule has 2 nitrogen and oxygen atoms in total. The molecule has 0 aliphatic carbocycles. The van der Waals surface area contributed by atoms with Crippen molar-refractivity contribution < 1.29 is 0 Å². The summed E-state index contributed by atoms with van der Waals surface area (Å²) in [6, 6.07) is 7.57. The lowest BCUT2D eigenvalue weighted by molar-refractivity contribution is 0.622. The van der Waals surface area contributed by atoms with Gasteiger partial charge in [0.1, 0.15) is 0 Å². The predicted molar refractivity (Wildman–Crippen MR) is 84.1 cm³/mol. The van der Waals surface area contributed by atoms with Crippen LogP contribution in [0.4, 0.5) is 5.69 Å². The highest BCUT2D eigenvalue weighted by Crippen LogP contribution is 2.36. The Morgan fingerprint density at radius 2 is 2.11 bits per heavy atom. The maximum atomic E-state index is 6.42. The topological polar surface area (TPSA) is 15.3 Å². The summed E-state index contributed by atoms with van der Waals surface area (Å²) in [5.41, 5.74) is 2.57. The molecule has 1 aromatic carbocycles. The van der Waals surface area contributed by atoms with Crippen molar-refractivity contribution >= 4 is 17.3 Å². The van der Waals surface area contributed by atoms with E-state index in [1.807, 2.05) is 6.07 Å². The van der Waals surface area contributed by atoms with Crippen molar-refractivity contribution in [2.24, 2.45) is 0 Å². The SMILES string of the molecule is CCNCc1c(Cl)cccc1N1C(C)CCC1CC. The monoisotopic (exact) mass is 280 g/mol. The fourth-order valence-electron chi connectivity index (χ4n) is 3.12. The Balaban J connectivity index is 2.34. The van der Waals surface area contributed by atoms with Gasteiger partial charge in [0, 0.05) is 34.9 Å². The molecular formula is C16H25ClN2. The summed E-state index contributed by atoms with van der Waals surface area (Å²) in [7, 11) is 0. The minimum atomic E-state index is 0.615. The Kier molecular flexibility index (Phi) is 5.12. The molecule has 0 saturated carbocycles. The first kappa shape index (κ1) is 14.7. The Morgan fingerprint density at radius 1 is 1.32 bits per heavy atom. The molecular weight excluding hydrogens is 256 g/mol. The standard InChI is InChI=1S/C16H25ClN2/c1-4-13-10-9-12(3)19(13)16-8-6-7-15(17)14(16)11-18-5-2/h6-8,12-13,18H,4-5,9-11H2,1-3H3. The molecule has 1 aromatic rings. The first-order chi connectivity index (χ1) is 9.19. The molecule has 3 heteroatoms. The summed E-state index contributed by atoms with van der Waals surface area (Å²) in [5, 5.41) is 4.29. The summed E-state index contributed by atoms with van der Waals surface area (Å²) in [5.74, 6) is 0. The molecule has 0 aromatic heterocycles. The summed E-state index contributed by atoms with van der Waals surface area (Å²) in [4.78, 5) is 2.58. The quantitative estimate of drug-likeness (QED) is 0.869. The molecule has 19 heavy (non-hydrogen) atoms. The van der Waals surface area contributed by atoms with E-state index in [4.69, 9.17) is 11.6 Å². The largest absolute Gasteiger partial charge is 0.366 e. The van der Waals surface area contributed by atoms with Gasteiger partial charge in [0.2, 0.25) is 0 Å². The van der Waals surface area contributed by atoms with Crippen LogP contribution in [-0.2, 0) is 6.54 Å². The molecule has 1 aliphatic rings. The van der Waals surface area contributed by atoms with Gasteiger partial charge in [-0.05, 0) is 44.9 Å². The highest BCUT2D eigenvalue weighted by Gasteiger charge is 2.30. The van der Waals surface area contributed by atoms with Crippen LogP contribution < -0.4 is 10.2 Å². The number of hydrogen-bond acceptors (Lipinski definition) is 2. The molecule has 0 amide bonds. The molecule has 1 fully saturated rings. The average molecular weight is 281 g/mol. The molecule has 106 valence electrons. The maximum Gasteiger partial charge on any atom is 0.0471 e. The zero-order chi connectivity index (χ0) is 13.8. The van der Waals surface area contributed by atoms with Crippen LogP contribution in [0, 0.1) is 0 Å². The minimum absolute atomic E-state index is 0.615. The third kappa shape index (κ3) is 3.06. The van der Waals surface area contributed by atoms with Crippen LogP contribution in [-0.4, -0.2) is 18.6 Å². The number of hydrogen-bond donors (Lipinski definition) is 1. The fraction of sp³-hybridized carbons (Fsp3) is 0.625. The molecule has 2 atom stereocenters. The van der Waals surface area contributed by atoms with Gasteiger partial charge in [-0.25, -0.2) is 0 Å². The number of anilines is 1. The zero-order valence-electron chi connectivity index (χ0n) is 12.2. The van der Waals surface area contributed by atoms with Gasteiger partial charge in [0.05, 0.1) is 0 Å². The molecule has 2 unspecified atom stereocenters. The smallest absolute Gasteiger partial charge is 0.0471 e. The van der Waals surface area contributed by atoms with Gasteiger partial charge in [-0.3, -0.25) is 0 Å². The number of benzene rings is 1. The van der Waals surface area contributed by atoms with Crippen molar-refractivity contribution in [2.45, 2.75) is 58.7 Å². The summed E-state index contributed by atoms with van der Waals surface area (Å²) < 4.78 is 0. The molecule has 1 N–H and O–H groups in total. The summed E-state index contributed by atoms with van der Waals surface area (Å²) in [6.07, 6.45) is 3.79. The van der Waals surface area contributed by atoms with E-state index in [-0.39, 0.29) is 0 Å². The number of nitrogens with one attached hydrogen (secondary N) is 1. The van der Waals surface area contributed by atoms with E-state index in [2.05, 4.69) is 43.1 Å². The molecule has 0 spiro atoms. The lowest BCUT2D eigenvalue weighted by Gasteiger charge is -2.32. The van der Waals surface area contributed by atoms with E-state index in [1.54, 1.807) is 0 Å². The van der Waals surface area contributed by atoms with Crippen LogP contribution in [0.5, 0.6) is 0 Å².